The number of carbonyl (C=O) groups excluding carboxylic acids is 2. The molecule has 11 heavy (non-hydrogen) atoms. The molecular formula is C7H14N2O2. The van der Waals surface area contributed by atoms with Gasteiger partial charge in [-0.1, -0.05) is 13.8 Å². The predicted octanol–water partition coefficient (Wildman–Crippen LogP) is -0.366. The Morgan fingerprint density at radius 3 is 2.18 bits per heavy atom. The van der Waals surface area contributed by atoms with E-state index in [9.17, 15) is 9.59 Å². The van der Waals surface area contributed by atoms with Gasteiger partial charge in [-0.3, -0.25) is 9.59 Å². The van der Waals surface area contributed by atoms with Gasteiger partial charge < -0.3 is 11.1 Å². The van der Waals surface area contributed by atoms with E-state index < -0.39 is 11.3 Å². The third kappa shape index (κ3) is 3.02. The van der Waals surface area contributed by atoms with E-state index in [0.717, 1.165) is 0 Å². The summed E-state index contributed by atoms with van der Waals surface area (Å²) in [6.07, 6.45) is 0.138. The maximum Gasteiger partial charge on any atom is 0.223 e. The average molecular weight is 158 g/mol. The van der Waals surface area contributed by atoms with Crippen LogP contribution in [0.15, 0.2) is 0 Å². The van der Waals surface area contributed by atoms with Crippen LogP contribution in [0.25, 0.3) is 0 Å². The van der Waals surface area contributed by atoms with Crippen LogP contribution in [-0.4, -0.2) is 18.9 Å². The van der Waals surface area contributed by atoms with E-state index in [-0.39, 0.29) is 12.3 Å². The molecule has 0 saturated carbocycles. The molecule has 0 aliphatic rings. The number of hydrogen-bond acceptors (Lipinski definition) is 2. The summed E-state index contributed by atoms with van der Waals surface area (Å²) in [6.45, 7) is 3.29. The Labute approximate surface area is 66.1 Å². The minimum Gasteiger partial charge on any atom is -0.369 e. The number of hydrogen-bond donors (Lipinski definition) is 2. The Bertz CT molecular complexity index is 175. The zero-order valence-corrected chi connectivity index (χ0v) is 7.10. The van der Waals surface area contributed by atoms with E-state index in [2.05, 4.69) is 5.32 Å². The lowest BCUT2D eigenvalue weighted by Crippen LogP contribution is -2.36. The molecular weight excluding hydrogens is 144 g/mol. The fourth-order valence-electron chi connectivity index (χ4n) is 0.577. The van der Waals surface area contributed by atoms with Crippen molar-refractivity contribution in [1.82, 2.24) is 5.32 Å². The smallest absolute Gasteiger partial charge is 0.223 e. The van der Waals surface area contributed by atoms with Crippen LogP contribution in [0.4, 0.5) is 0 Å². The van der Waals surface area contributed by atoms with Crippen molar-refractivity contribution < 1.29 is 9.59 Å². The molecule has 0 aliphatic heterocycles. The standard InChI is InChI=1S/C7H14N2O2/c1-7(2,6(8)11)4-5(10)9-3/h4H2,1-3H3,(H2,8,11)(H,9,10). The second-order valence-electron chi connectivity index (χ2n) is 3.10. The van der Waals surface area contributed by atoms with E-state index >= 15 is 0 Å². The normalized spacial score (nSPS) is 10.8. The molecule has 0 aliphatic carbocycles. The van der Waals surface area contributed by atoms with E-state index in [4.69, 9.17) is 5.73 Å². The summed E-state index contributed by atoms with van der Waals surface area (Å²) in [5.74, 6) is -0.630. The summed E-state index contributed by atoms with van der Waals surface area (Å²) >= 11 is 0. The first-order chi connectivity index (χ1) is 4.90. The molecule has 3 N–H and O–H groups in total. The van der Waals surface area contributed by atoms with Crippen LogP contribution in [-0.2, 0) is 9.59 Å². The molecule has 0 radical (unpaired) electrons. The van der Waals surface area contributed by atoms with Crippen LogP contribution < -0.4 is 11.1 Å². The van der Waals surface area contributed by atoms with Crippen LogP contribution in [0.1, 0.15) is 20.3 Å². The van der Waals surface area contributed by atoms with Crippen molar-refractivity contribution in [3.8, 4) is 0 Å². The first kappa shape index (κ1) is 9.94. The van der Waals surface area contributed by atoms with Crippen molar-refractivity contribution >= 4 is 11.8 Å². The summed E-state index contributed by atoms with van der Waals surface area (Å²) < 4.78 is 0. The molecule has 4 nitrogen and oxygen atoms in total. The molecule has 0 atom stereocenters. The van der Waals surface area contributed by atoms with Gasteiger partial charge >= 0.3 is 0 Å². The van der Waals surface area contributed by atoms with Crippen molar-refractivity contribution in [1.29, 1.82) is 0 Å². The maximum atomic E-state index is 10.8. The minimum absolute atomic E-state index is 0.138. The van der Waals surface area contributed by atoms with Crippen molar-refractivity contribution in [2.24, 2.45) is 11.1 Å². The third-order valence-electron chi connectivity index (χ3n) is 1.55. The number of nitrogens with one attached hydrogen (secondary N) is 1. The Balaban J connectivity index is 4.12. The summed E-state index contributed by atoms with van der Waals surface area (Å²) in [7, 11) is 1.53. The molecule has 0 bridgehead atoms. The zero-order valence-electron chi connectivity index (χ0n) is 7.10. The van der Waals surface area contributed by atoms with E-state index in [1.807, 2.05) is 0 Å². The van der Waals surface area contributed by atoms with Gasteiger partial charge in [0.1, 0.15) is 0 Å². The lowest BCUT2D eigenvalue weighted by atomic mass is 9.88. The van der Waals surface area contributed by atoms with Crippen molar-refractivity contribution in [3.63, 3.8) is 0 Å². The fraction of sp³-hybridized carbons (Fsp3) is 0.714. The first-order valence-corrected chi connectivity index (χ1v) is 3.40. The lowest BCUT2D eigenvalue weighted by molar-refractivity contribution is -0.132. The van der Waals surface area contributed by atoms with Gasteiger partial charge in [0.2, 0.25) is 11.8 Å². The number of rotatable bonds is 3. The largest absolute Gasteiger partial charge is 0.369 e. The summed E-state index contributed by atoms with van der Waals surface area (Å²) in [6, 6.07) is 0. The summed E-state index contributed by atoms with van der Waals surface area (Å²) in [5, 5.41) is 2.43. The van der Waals surface area contributed by atoms with Gasteiger partial charge in [0.15, 0.2) is 0 Å². The van der Waals surface area contributed by atoms with Crippen LogP contribution >= 0.6 is 0 Å². The fourth-order valence-corrected chi connectivity index (χ4v) is 0.577. The highest BCUT2D eigenvalue weighted by Gasteiger charge is 2.27. The third-order valence-corrected chi connectivity index (χ3v) is 1.55. The molecule has 0 fully saturated rings. The maximum absolute atomic E-state index is 10.8. The SMILES string of the molecule is CNC(=O)CC(C)(C)C(N)=O. The quantitative estimate of drug-likeness (QED) is 0.588. The molecule has 0 unspecified atom stereocenters. The molecule has 0 aromatic carbocycles. The van der Waals surface area contributed by atoms with Gasteiger partial charge in [-0.05, 0) is 0 Å². The Kier molecular flexibility index (Phi) is 3.04. The molecule has 64 valence electrons. The summed E-state index contributed by atoms with van der Waals surface area (Å²) in [4.78, 5) is 21.5. The Hall–Kier alpha value is -1.06. The molecule has 0 aromatic heterocycles. The van der Waals surface area contributed by atoms with Crippen LogP contribution in [0.5, 0.6) is 0 Å². The Morgan fingerprint density at radius 1 is 1.45 bits per heavy atom. The van der Waals surface area contributed by atoms with Crippen LogP contribution in [0.2, 0.25) is 0 Å². The van der Waals surface area contributed by atoms with Crippen LogP contribution in [0, 0.1) is 5.41 Å². The minimum atomic E-state index is -0.750. The van der Waals surface area contributed by atoms with Crippen molar-refractivity contribution in [2.75, 3.05) is 7.05 Å². The number of carbonyl (C=O) groups is 2. The highest BCUT2D eigenvalue weighted by atomic mass is 16.2. The van der Waals surface area contributed by atoms with Gasteiger partial charge in [0, 0.05) is 13.5 Å². The van der Waals surface area contributed by atoms with Crippen LogP contribution in [0.3, 0.4) is 0 Å². The molecule has 0 aromatic rings. The first-order valence-electron chi connectivity index (χ1n) is 3.40. The average Bonchev–Trinajstić information content (AvgIpc) is 1.86. The molecule has 4 heteroatoms. The molecule has 0 spiro atoms. The van der Waals surface area contributed by atoms with Gasteiger partial charge in [-0.25, -0.2) is 0 Å². The van der Waals surface area contributed by atoms with E-state index in [1.165, 1.54) is 7.05 Å². The van der Waals surface area contributed by atoms with Gasteiger partial charge in [0.25, 0.3) is 0 Å². The Morgan fingerprint density at radius 2 is 1.91 bits per heavy atom. The summed E-state index contributed by atoms with van der Waals surface area (Å²) in [5.41, 5.74) is 4.30. The number of primary amides is 1. The van der Waals surface area contributed by atoms with Gasteiger partial charge in [0.05, 0.1) is 5.41 Å². The number of nitrogens with two attached hydrogens (primary N) is 1. The van der Waals surface area contributed by atoms with Gasteiger partial charge in [-0.15, -0.1) is 0 Å². The monoisotopic (exact) mass is 158 g/mol. The second-order valence-corrected chi connectivity index (χ2v) is 3.10. The van der Waals surface area contributed by atoms with E-state index in [0.29, 0.717) is 0 Å². The van der Waals surface area contributed by atoms with Crippen molar-refractivity contribution in [2.45, 2.75) is 20.3 Å². The number of amides is 2. The topological polar surface area (TPSA) is 72.2 Å². The zero-order chi connectivity index (χ0) is 9.07. The van der Waals surface area contributed by atoms with Gasteiger partial charge in [-0.2, -0.15) is 0 Å². The molecule has 0 heterocycles. The molecule has 0 rings (SSSR count). The highest BCUT2D eigenvalue weighted by molar-refractivity contribution is 5.87. The van der Waals surface area contributed by atoms with Crippen molar-refractivity contribution in [3.05, 3.63) is 0 Å². The lowest BCUT2D eigenvalue weighted by Gasteiger charge is -2.18. The molecule has 2 amide bonds. The predicted molar refractivity (Wildman–Crippen MR) is 41.7 cm³/mol. The van der Waals surface area contributed by atoms with E-state index in [1.54, 1.807) is 13.8 Å². The second kappa shape index (κ2) is 3.37. The molecule has 0 saturated heterocycles. The highest BCUT2D eigenvalue weighted by Crippen LogP contribution is 2.18.